The molecule has 0 radical (unpaired) electrons. The van der Waals surface area contributed by atoms with Gasteiger partial charge in [0.25, 0.3) is 0 Å². The van der Waals surface area contributed by atoms with Gasteiger partial charge in [0, 0.05) is 7.05 Å². The SMILES string of the molecule is CCOC(=O)CS(=O)(=O)N(C)OC. The molecule has 6 nitrogen and oxygen atoms in total. The molecule has 0 amide bonds. The Morgan fingerprint density at radius 2 is 2.00 bits per heavy atom. The molecule has 0 atom stereocenters. The van der Waals surface area contributed by atoms with Gasteiger partial charge in [0.2, 0.25) is 10.0 Å². The lowest BCUT2D eigenvalue weighted by molar-refractivity contribution is -0.140. The van der Waals surface area contributed by atoms with Crippen LogP contribution in [0.15, 0.2) is 0 Å². The third kappa shape index (κ3) is 4.20. The second kappa shape index (κ2) is 5.15. The summed E-state index contributed by atoms with van der Waals surface area (Å²) in [5.74, 6) is -1.49. The molecule has 0 unspecified atom stereocenters. The summed E-state index contributed by atoms with van der Waals surface area (Å²) in [4.78, 5) is 15.2. The van der Waals surface area contributed by atoms with Crippen LogP contribution in [-0.4, -0.2) is 45.4 Å². The summed E-state index contributed by atoms with van der Waals surface area (Å²) in [5, 5.41) is 0. The van der Waals surface area contributed by atoms with Crippen molar-refractivity contribution >= 4 is 16.0 Å². The predicted molar refractivity (Wildman–Crippen MR) is 45.2 cm³/mol. The molecule has 13 heavy (non-hydrogen) atoms. The van der Waals surface area contributed by atoms with Crippen molar-refractivity contribution < 1.29 is 22.8 Å². The van der Waals surface area contributed by atoms with E-state index in [4.69, 9.17) is 0 Å². The number of sulfonamides is 1. The first-order valence-corrected chi connectivity index (χ1v) is 5.21. The van der Waals surface area contributed by atoms with E-state index in [-0.39, 0.29) is 6.61 Å². The van der Waals surface area contributed by atoms with E-state index in [1.165, 1.54) is 14.2 Å². The smallest absolute Gasteiger partial charge is 0.322 e. The van der Waals surface area contributed by atoms with Crippen LogP contribution in [0.3, 0.4) is 0 Å². The van der Waals surface area contributed by atoms with Crippen molar-refractivity contribution in [1.82, 2.24) is 4.47 Å². The third-order valence-corrected chi connectivity index (χ3v) is 2.79. The normalized spacial score (nSPS) is 11.7. The number of carbonyl (C=O) groups excluding carboxylic acids is 1. The molecule has 0 aliphatic carbocycles. The number of hydrogen-bond donors (Lipinski definition) is 0. The van der Waals surface area contributed by atoms with E-state index < -0.39 is 21.7 Å². The number of nitrogens with zero attached hydrogens (tertiary/aromatic N) is 1. The van der Waals surface area contributed by atoms with Gasteiger partial charge in [0.05, 0.1) is 13.7 Å². The molecule has 0 aromatic carbocycles. The van der Waals surface area contributed by atoms with Gasteiger partial charge in [-0.1, -0.05) is 4.47 Å². The van der Waals surface area contributed by atoms with E-state index >= 15 is 0 Å². The first kappa shape index (κ1) is 12.3. The number of carbonyl (C=O) groups is 1. The zero-order valence-corrected chi connectivity index (χ0v) is 8.63. The summed E-state index contributed by atoms with van der Waals surface area (Å²) in [7, 11) is -1.30. The Labute approximate surface area is 77.4 Å². The quantitative estimate of drug-likeness (QED) is 0.447. The highest BCUT2D eigenvalue weighted by atomic mass is 32.2. The highest BCUT2D eigenvalue weighted by Crippen LogP contribution is 1.98. The molecule has 78 valence electrons. The van der Waals surface area contributed by atoms with Gasteiger partial charge in [-0.25, -0.2) is 8.42 Å². The highest BCUT2D eigenvalue weighted by molar-refractivity contribution is 7.89. The lowest BCUT2D eigenvalue weighted by atomic mass is 10.8. The van der Waals surface area contributed by atoms with Gasteiger partial charge in [-0.3, -0.25) is 9.63 Å². The summed E-state index contributed by atoms with van der Waals surface area (Å²) in [6.45, 7) is 1.76. The van der Waals surface area contributed by atoms with Crippen molar-refractivity contribution in [2.24, 2.45) is 0 Å². The monoisotopic (exact) mass is 211 g/mol. The molecule has 7 heteroatoms. The maximum atomic E-state index is 11.1. The molecule has 0 saturated carbocycles. The van der Waals surface area contributed by atoms with Crippen LogP contribution >= 0.6 is 0 Å². The number of ether oxygens (including phenoxy) is 1. The largest absolute Gasteiger partial charge is 0.465 e. The number of rotatable bonds is 5. The van der Waals surface area contributed by atoms with Gasteiger partial charge >= 0.3 is 5.97 Å². The van der Waals surface area contributed by atoms with Crippen LogP contribution in [-0.2, 0) is 24.4 Å². The Hall–Kier alpha value is -0.660. The van der Waals surface area contributed by atoms with Gasteiger partial charge in [-0.15, -0.1) is 0 Å². The molecular formula is C6H13NO5S. The van der Waals surface area contributed by atoms with Crippen LogP contribution in [0.1, 0.15) is 6.92 Å². The van der Waals surface area contributed by atoms with E-state index in [0.29, 0.717) is 4.47 Å². The van der Waals surface area contributed by atoms with Crippen molar-refractivity contribution in [3.8, 4) is 0 Å². The fourth-order valence-electron chi connectivity index (χ4n) is 0.556. The third-order valence-electron chi connectivity index (χ3n) is 1.25. The fraction of sp³-hybridized carbons (Fsp3) is 0.833. The van der Waals surface area contributed by atoms with Crippen molar-refractivity contribution in [2.75, 3.05) is 26.5 Å². The first-order chi connectivity index (χ1) is 5.94. The van der Waals surface area contributed by atoms with E-state index in [0.717, 1.165) is 0 Å². The zero-order chi connectivity index (χ0) is 10.5. The minimum absolute atomic E-state index is 0.158. The summed E-state index contributed by atoms with van der Waals surface area (Å²) < 4.78 is 27.4. The topological polar surface area (TPSA) is 72.9 Å². The fourth-order valence-corrected chi connectivity index (χ4v) is 1.35. The number of hydrogen-bond acceptors (Lipinski definition) is 5. The Morgan fingerprint density at radius 1 is 1.46 bits per heavy atom. The summed E-state index contributed by atoms with van der Waals surface area (Å²) in [6.07, 6.45) is 0. The molecule has 0 heterocycles. The molecule has 0 rings (SSSR count). The molecule has 0 saturated heterocycles. The van der Waals surface area contributed by atoms with E-state index in [9.17, 15) is 13.2 Å². The minimum atomic E-state index is -3.70. The summed E-state index contributed by atoms with van der Waals surface area (Å²) in [6, 6.07) is 0. The van der Waals surface area contributed by atoms with Crippen LogP contribution in [0, 0.1) is 0 Å². The zero-order valence-electron chi connectivity index (χ0n) is 7.81. The maximum absolute atomic E-state index is 11.1. The Kier molecular flexibility index (Phi) is 4.89. The minimum Gasteiger partial charge on any atom is -0.465 e. The lowest BCUT2D eigenvalue weighted by Gasteiger charge is -2.12. The second-order valence-corrected chi connectivity index (χ2v) is 4.12. The first-order valence-electron chi connectivity index (χ1n) is 3.60. The number of esters is 1. The van der Waals surface area contributed by atoms with E-state index in [1.54, 1.807) is 6.92 Å². The van der Waals surface area contributed by atoms with Gasteiger partial charge < -0.3 is 4.74 Å². The molecule has 0 aromatic heterocycles. The average molecular weight is 211 g/mol. The Balaban J connectivity index is 4.26. The summed E-state index contributed by atoms with van der Waals surface area (Å²) in [5.41, 5.74) is 0. The second-order valence-electron chi connectivity index (χ2n) is 2.15. The maximum Gasteiger partial charge on any atom is 0.322 e. The molecule has 0 aromatic rings. The molecule has 0 N–H and O–H groups in total. The van der Waals surface area contributed by atoms with Crippen LogP contribution in [0.4, 0.5) is 0 Å². The average Bonchev–Trinajstić information content (AvgIpc) is 2.02. The van der Waals surface area contributed by atoms with Crippen LogP contribution < -0.4 is 0 Å². The van der Waals surface area contributed by atoms with Crippen molar-refractivity contribution in [3.63, 3.8) is 0 Å². The molecule has 0 fully saturated rings. The van der Waals surface area contributed by atoms with Gasteiger partial charge in [-0.05, 0) is 6.92 Å². The van der Waals surface area contributed by atoms with Crippen molar-refractivity contribution in [1.29, 1.82) is 0 Å². The van der Waals surface area contributed by atoms with E-state index in [1.807, 2.05) is 0 Å². The molecule has 0 bridgehead atoms. The lowest BCUT2D eigenvalue weighted by Crippen LogP contribution is -2.32. The Bertz CT molecular complexity index is 260. The van der Waals surface area contributed by atoms with Crippen LogP contribution in [0.25, 0.3) is 0 Å². The van der Waals surface area contributed by atoms with Crippen molar-refractivity contribution in [2.45, 2.75) is 6.92 Å². The summed E-state index contributed by atoms with van der Waals surface area (Å²) >= 11 is 0. The van der Waals surface area contributed by atoms with Crippen molar-refractivity contribution in [3.05, 3.63) is 0 Å². The standard InChI is InChI=1S/C6H13NO5S/c1-4-12-6(8)5-13(9,10)7(2)11-3/h4-5H2,1-3H3. The van der Waals surface area contributed by atoms with Crippen LogP contribution in [0.5, 0.6) is 0 Å². The molecule has 0 aliphatic heterocycles. The Morgan fingerprint density at radius 3 is 2.38 bits per heavy atom. The highest BCUT2D eigenvalue weighted by Gasteiger charge is 2.22. The van der Waals surface area contributed by atoms with Gasteiger partial charge in [0.15, 0.2) is 5.75 Å². The molecule has 0 aliphatic rings. The molecular weight excluding hydrogens is 198 g/mol. The van der Waals surface area contributed by atoms with Gasteiger partial charge in [-0.2, -0.15) is 0 Å². The van der Waals surface area contributed by atoms with Gasteiger partial charge in [0.1, 0.15) is 0 Å². The predicted octanol–water partition coefficient (Wildman–Crippen LogP) is -0.627. The molecule has 0 spiro atoms. The van der Waals surface area contributed by atoms with E-state index in [2.05, 4.69) is 9.57 Å². The number of hydroxylamine groups is 1. The van der Waals surface area contributed by atoms with Crippen LogP contribution in [0.2, 0.25) is 0 Å².